The molecule has 0 bridgehead atoms. The van der Waals surface area contributed by atoms with E-state index in [1.807, 2.05) is 41.5 Å². The molecule has 0 aliphatic carbocycles. The first-order valence-electron chi connectivity index (χ1n) is 6.56. The van der Waals surface area contributed by atoms with Crippen molar-refractivity contribution in [3.8, 4) is 0 Å². The maximum atomic E-state index is 5.56. The van der Waals surface area contributed by atoms with Gasteiger partial charge in [0.1, 0.15) is 0 Å². The van der Waals surface area contributed by atoms with Gasteiger partial charge in [-0.15, -0.1) is 0 Å². The van der Waals surface area contributed by atoms with Crippen molar-refractivity contribution in [2.24, 2.45) is 0 Å². The van der Waals surface area contributed by atoms with E-state index in [1.54, 1.807) is 25.6 Å². The van der Waals surface area contributed by atoms with Crippen LogP contribution in [0.1, 0.15) is 41.5 Å². The summed E-state index contributed by atoms with van der Waals surface area (Å²) in [6.07, 6.45) is 0.204. The summed E-state index contributed by atoms with van der Waals surface area (Å²) in [6.45, 7) is 11.7. The summed E-state index contributed by atoms with van der Waals surface area (Å²) in [4.78, 5) is 0. The van der Waals surface area contributed by atoms with Crippen LogP contribution in [-0.2, 0) is 14.2 Å². The zero-order valence-corrected chi connectivity index (χ0v) is 21.7. The fourth-order valence-corrected chi connectivity index (χ4v) is 36.7. The summed E-state index contributed by atoms with van der Waals surface area (Å²) in [6, 6.07) is 0. The van der Waals surface area contributed by atoms with Crippen LogP contribution in [0.3, 0.4) is 0 Å². The molecule has 0 amide bonds. The normalized spacial score (nSPS) is 11.2. The first kappa shape index (κ1) is 23.6. The Kier molecular flexibility index (Phi) is 13.8. The second kappa shape index (κ2) is 12.9. The Balaban J connectivity index is 4.64. The Morgan fingerprint density at radius 3 is 1.05 bits per heavy atom. The minimum absolute atomic E-state index is 0.0681. The van der Waals surface area contributed by atoms with Crippen molar-refractivity contribution in [2.75, 3.05) is 0 Å². The summed E-state index contributed by atoms with van der Waals surface area (Å²) >= 11 is 13.5. The molecule has 0 unspecified atom stereocenters. The number of hydrogen-bond donors (Lipinski definition) is 0. The molecule has 0 heterocycles. The van der Waals surface area contributed by atoms with Crippen LogP contribution >= 0.6 is 62.2 Å². The van der Waals surface area contributed by atoms with E-state index in [1.165, 1.54) is 0 Å². The third kappa shape index (κ3) is 14.0. The molecule has 0 saturated heterocycles. The van der Waals surface area contributed by atoms with E-state index >= 15 is 0 Å². The van der Waals surface area contributed by atoms with Crippen molar-refractivity contribution in [1.82, 2.24) is 0 Å². The molecule has 0 atom stereocenters. The molecular weight excluding hydrogens is 594 g/mol. The van der Waals surface area contributed by atoms with Gasteiger partial charge in [-0.3, -0.25) is 0 Å². The Bertz CT molecular complexity index is 332. The molecule has 0 aromatic carbocycles. The van der Waals surface area contributed by atoms with Crippen molar-refractivity contribution >= 4 is 92.7 Å². The monoisotopic (exact) mass is 614 g/mol. The van der Waals surface area contributed by atoms with Gasteiger partial charge in [0.25, 0.3) is 0 Å². The second-order valence-electron chi connectivity index (χ2n) is 4.75. The molecule has 3 nitrogen and oxygen atoms in total. The van der Waals surface area contributed by atoms with Gasteiger partial charge >= 0.3 is 167 Å². The zero-order valence-electron chi connectivity index (χ0n) is 13.4. The van der Waals surface area contributed by atoms with E-state index in [2.05, 4.69) is 0 Å². The molecule has 0 rings (SSSR count). The Morgan fingerprint density at radius 2 is 0.864 bits per heavy atom. The molecule has 0 aromatic rings. The summed E-state index contributed by atoms with van der Waals surface area (Å²) in [5.41, 5.74) is 0. The predicted octanol–water partition coefficient (Wildman–Crippen LogP) is 5.30. The summed E-state index contributed by atoms with van der Waals surface area (Å²) in [5, 5.41) is 0. The number of ether oxygens (including phenoxy) is 3. The second-order valence-corrected chi connectivity index (χ2v) is 32.1. The van der Waals surface area contributed by atoms with Crippen LogP contribution in [0.2, 0.25) is 0 Å². The zero-order chi connectivity index (χ0) is 17.3. The van der Waals surface area contributed by atoms with Gasteiger partial charge in [0, 0.05) is 0 Å². The van der Waals surface area contributed by atoms with Gasteiger partial charge in [0.05, 0.1) is 0 Å². The minimum atomic E-state index is -2.34. The molecule has 128 valence electrons. The van der Waals surface area contributed by atoms with Crippen LogP contribution in [0.5, 0.6) is 0 Å². The van der Waals surface area contributed by atoms with Crippen LogP contribution in [0, 0.1) is 0 Å². The van der Waals surface area contributed by atoms with Crippen molar-refractivity contribution in [2.45, 2.75) is 59.9 Å². The van der Waals surface area contributed by atoms with Crippen LogP contribution in [0.15, 0.2) is 0 Å². The predicted molar refractivity (Wildman–Crippen MR) is 115 cm³/mol. The van der Waals surface area contributed by atoms with E-state index in [0.29, 0.717) is 13.1 Å². The Labute approximate surface area is 165 Å². The molecule has 0 N–H and O–H groups in total. The topological polar surface area (TPSA) is 27.7 Å². The van der Waals surface area contributed by atoms with Crippen molar-refractivity contribution in [3.05, 3.63) is 0 Å². The van der Waals surface area contributed by atoms with E-state index in [-0.39, 0.29) is 18.3 Å². The van der Waals surface area contributed by atoms with Gasteiger partial charge in [-0.05, 0) is 0 Å². The average molecular weight is 615 g/mol. The van der Waals surface area contributed by atoms with Gasteiger partial charge in [0.2, 0.25) is 0 Å². The van der Waals surface area contributed by atoms with Gasteiger partial charge in [-0.1, -0.05) is 0 Å². The molecule has 0 aromatic heterocycles. The standard InChI is InChI=1S/3C4H8OS2.Bi/c3*1-3(2)5-4(6)7;/h3*3H,1-2H3,(H,6,7);/q;;;+3/p-3. The molecule has 22 heavy (non-hydrogen) atoms. The van der Waals surface area contributed by atoms with Crippen molar-refractivity contribution < 1.29 is 14.2 Å². The summed E-state index contributed by atoms with van der Waals surface area (Å²) < 4.78 is 18.3. The fraction of sp³-hybridized carbons (Fsp3) is 0.750. The molecule has 0 saturated carbocycles. The van der Waals surface area contributed by atoms with Crippen molar-refractivity contribution in [3.63, 3.8) is 0 Å². The van der Waals surface area contributed by atoms with Crippen LogP contribution in [0.4, 0.5) is 0 Å². The SMILES string of the molecule is CC(C)OC(=S)[S][Bi]([S]C(=S)OC(C)C)[S]C(=S)OC(C)C. The van der Waals surface area contributed by atoms with Crippen LogP contribution < -0.4 is 0 Å². The summed E-state index contributed by atoms with van der Waals surface area (Å²) in [7, 11) is 4.76. The first-order valence-corrected chi connectivity index (χ1v) is 22.9. The number of hydrogen-bond acceptors (Lipinski definition) is 9. The van der Waals surface area contributed by atoms with Gasteiger partial charge in [0.15, 0.2) is 0 Å². The molecular formula is C12H21BiO3S6. The molecule has 0 aliphatic heterocycles. The van der Waals surface area contributed by atoms with E-state index in [4.69, 9.17) is 50.9 Å². The Morgan fingerprint density at radius 1 is 0.636 bits per heavy atom. The fourth-order valence-electron chi connectivity index (χ4n) is 0.880. The van der Waals surface area contributed by atoms with Crippen LogP contribution in [0.25, 0.3) is 0 Å². The maximum absolute atomic E-state index is 5.56. The average Bonchev–Trinajstić information content (AvgIpc) is 2.23. The molecule has 0 aliphatic rings. The van der Waals surface area contributed by atoms with Gasteiger partial charge < -0.3 is 0 Å². The number of thiocarbonyl (C=S) groups is 3. The molecule has 0 radical (unpaired) electrons. The van der Waals surface area contributed by atoms with E-state index in [0.717, 1.165) is 0 Å². The van der Waals surface area contributed by atoms with Gasteiger partial charge in [-0.2, -0.15) is 0 Å². The molecule has 0 fully saturated rings. The quantitative estimate of drug-likeness (QED) is 0.292. The number of rotatable bonds is 6. The summed E-state index contributed by atoms with van der Waals surface area (Å²) in [5.74, 6) is 0. The first-order chi connectivity index (χ1) is 10.1. The third-order valence-electron chi connectivity index (χ3n) is 1.44. The third-order valence-corrected chi connectivity index (χ3v) is 31.0. The van der Waals surface area contributed by atoms with Crippen LogP contribution in [-0.4, -0.2) is 48.8 Å². The van der Waals surface area contributed by atoms with E-state index in [9.17, 15) is 0 Å². The molecule has 0 spiro atoms. The van der Waals surface area contributed by atoms with E-state index < -0.39 is 17.4 Å². The van der Waals surface area contributed by atoms with Gasteiger partial charge in [-0.25, -0.2) is 0 Å². The molecule has 10 heteroatoms. The Hall–Kier alpha value is 1.60. The van der Waals surface area contributed by atoms with Crippen molar-refractivity contribution in [1.29, 1.82) is 0 Å².